The van der Waals surface area contributed by atoms with Crippen molar-refractivity contribution in [2.45, 2.75) is 0 Å². The number of primary amides is 1. The number of rotatable bonds is 2. The predicted molar refractivity (Wildman–Crippen MR) is 57.4 cm³/mol. The third kappa shape index (κ3) is 2.20. The number of carbonyl (C=O) groups excluding carboxylic acids is 2. The summed E-state index contributed by atoms with van der Waals surface area (Å²) >= 11 is 1.14. The molecule has 16 heavy (non-hydrogen) atoms. The van der Waals surface area contributed by atoms with Crippen molar-refractivity contribution in [1.29, 1.82) is 0 Å². The molecule has 1 aliphatic heterocycles. The topological polar surface area (TPSA) is 85.5 Å². The Morgan fingerprint density at radius 3 is 2.69 bits per heavy atom. The normalized spacial score (nSPS) is 16.1. The lowest BCUT2D eigenvalue weighted by atomic mass is 10.4. The van der Waals surface area contributed by atoms with Crippen molar-refractivity contribution < 1.29 is 14.3 Å². The van der Waals surface area contributed by atoms with Gasteiger partial charge in [-0.1, -0.05) is 0 Å². The lowest BCUT2D eigenvalue weighted by Crippen LogP contribution is -2.40. The fourth-order valence-electron chi connectivity index (χ4n) is 1.39. The first kappa shape index (κ1) is 11.0. The average Bonchev–Trinajstić information content (AvgIpc) is 2.78. The van der Waals surface area contributed by atoms with E-state index in [9.17, 15) is 9.59 Å². The SMILES string of the molecule is NC(=O)c1csc(C(=O)N2CCOCC2)n1. The quantitative estimate of drug-likeness (QED) is 0.771. The molecule has 1 saturated heterocycles. The standard InChI is InChI=1S/C9H11N3O3S/c10-7(13)6-5-16-8(11-6)9(14)12-1-3-15-4-2-12/h5H,1-4H2,(H2,10,13). The molecular formula is C9H11N3O3S. The first-order valence-corrected chi connectivity index (χ1v) is 5.69. The van der Waals surface area contributed by atoms with E-state index in [2.05, 4.69) is 4.98 Å². The van der Waals surface area contributed by atoms with Gasteiger partial charge in [-0.05, 0) is 0 Å². The fourth-order valence-corrected chi connectivity index (χ4v) is 2.16. The Kier molecular flexibility index (Phi) is 3.16. The Balaban J connectivity index is 2.10. The van der Waals surface area contributed by atoms with Crippen molar-refractivity contribution >= 4 is 23.2 Å². The van der Waals surface area contributed by atoms with Crippen LogP contribution >= 0.6 is 11.3 Å². The van der Waals surface area contributed by atoms with Gasteiger partial charge in [0.15, 0.2) is 5.01 Å². The second-order valence-electron chi connectivity index (χ2n) is 3.31. The van der Waals surface area contributed by atoms with Gasteiger partial charge in [0.05, 0.1) is 13.2 Å². The minimum Gasteiger partial charge on any atom is -0.378 e. The molecule has 7 heteroatoms. The summed E-state index contributed by atoms with van der Waals surface area (Å²) in [6, 6.07) is 0. The van der Waals surface area contributed by atoms with Gasteiger partial charge in [0.1, 0.15) is 5.69 Å². The number of nitrogens with zero attached hydrogens (tertiary/aromatic N) is 2. The van der Waals surface area contributed by atoms with Crippen LogP contribution in [0.5, 0.6) is 0 Å². The van der Waals surface area contributed by atoms with E-state index >= 15 is 0 Å². The zero-order chi connectivity index (χ0) is 11.5. The van der Waals surface area contributed by atoms with E-state index in [1.54, 1.807) is 4.90 Å². The Morgan fingerprint density at radius 2 is 2.12 bits per heavy atom. The molecule has 2 rings (SSSR count). The van der Waals surface area contributed by atoms with Crippen molar-refractivity contribution in [3.63, 3.8) is 0 Å². The van der Waals surface area contributed by atoms with Gasteiger partial charge < -0.3 is 15.4 Å². The molecule has 0 aromatic carbocycles. The van der Waals surface area contributed by atoms with Gasteiger partial charge in [0, 0.05) is 18.5 Å². The van der Waals surface area contributed by atoms with E-state index in [1.807, 2.05) is 0 Å². The zero-order valence-electron chi connectivity index (χ0n) is 8.51. The van der Waals surface area contributed by atoms with Gasteiger partial charge in [0.2, 0.25) is 0 Å². The van der Waals surface area contributed by atoms with Crippen molar-refractivity contribution in [2.24, 2.45) is 5.73 Å². The third-order valence-corrected chi connectivity index (χ3v) is 3.07. The minimum atomic E-state index is -0.614. The number of nitrogens with two attached hydrogens (primary N) is 1. The molecule has 1 aromatic heterocycles. The summed E-state index contributed by atoms with van der Waals surface area (Å²) in [5, 5.41) is 1.80. The van der Waals surface area contributed by atoms with Gasteiger partial charge in [-0.3, -0.25) is 9.59 Å². The summed E-state index contributed by atoms with van der Waals surface area (Å²) in [4.78, 5) is 28.3. The Labute approximate surface area is 96.0 Å². The number of aromatic nitrogens is 1. The number of morpholine rings is 1. The molecule has 1 aliphatic rings. The second-order valence-corrected chi connectivity index (χ2v) is 4.16. The molecular weight excluding hydrogens is 230 g/mol. The van der Waals surface area contributed by atoms with Gasteiger partial charge >= 0.3 is 0 Å². The van der Waals surface area contributed by atoms with E-state index in [0.717, 1.165) is 11.3 Å². The van der Waals surface area contributed by atoms with Gasteiger partial charge in [-0.15, -0.1) is 11.3 Å². The van der Waals surface area contributed by atoms with E-state index < -0.39 is 5.91 Å². The molecule has 2 heterocycles. The highest BCUT2D eigenvalue weighted by Gasteiger charge is 2.21. The molecule has 6 nitrogen and oxygen atoms in total. The van der Waals surface area contributed by atoms with Gasteiger partial charge in [-0.2, -0.15) is 0 Å². The van der Waals surface area contributed by atoms with Crippen molar-refractivity contribution in [3.05, 3.63) is 16.1 Å². The highest BCUT2D eigenvalue weighted by Crippen LogP contribution is 2.13. The maximum absolute atomic E-state index is 11.9. The lowest BCUT2D eigenvalue weighted by Gasteiger charge is -2.25. The second kappa shape index (κ2) is 4.58. The first-order valence-electron chi connectivity index (χ1n) is 4.81. The van der Waals surface area contributed by atoms with Crippen LogP contribution in [0.15, 0.2) is 5.38 Å². The molecule has 0 bridgehead atoms. The van der Waals surface area contributed by atoms with Crippen LogP contribution in [0, 0.1) is 0 Å². The molecule has 0 atom stereocenters. The summed E-state index contributed by atoms with van der Waals surface area (Å²) < 4.78 is 5.14. The van der Waals surface area contributed by atoms with Crippen LogP contribution in [0.2, 0.25) is 0 Å². The summed E-state index contributed by atoms with van der Waals surface area (Å²) in [5.74, 6) is -0.780. The molecule has 86 valence electrons. The Bertz CT molecular complexity index is 412. The summed E-state index contributed by atoms with van der Waals surface area (Å²) in [7, 11) is 0. The van der Waals surface area contributed by atoms with Crippen LogP contribution in [-0.2, 0) is 4.74 Å². The van der Waals surface area contributed by atoms with Crippen molar-refractivity contribution in [3.8, 4) is 0 Å². The van der Waals surface area contributed by atoms with E-state index in [4.69, 9.17) is 10.5 Å². The van der Waals surface area contributed by atoms with Crippen LogP contribution in [0.1, 0.15) is 20.3 Å². The summed E-state index contributed by atoms with van der Waals surface area (Å²) in [6.45, 7) is 2.20. The molecule has 1 fully saturated rings. The maximum Gasteiger partial charge on any atom is 0.283 e. The van der Waals surface area contributed by atoms with Gasteiger partial charge in [-0.25, -0.2) is 4.98 Å². The molecule has 0 unspecified atom stereocenters. The first-order chi connectivity index (χ1) is 7.68. The monoisotopic (exact) mass is 241 g/mol. The lowest BCUT2D eigenvalue weighted by molar-refractivity contribution is 0.0302. The number of hydrogen-bond acceptors (Lipinski definition) is 5. The molecule has 0 saturated carbocycles. The zero-order valence-corrected chi connectivity index (χ0v) is 9.33. The van der Waals surface area contributed by atoms with Crippen molar-refractivity contribution in [2.75, 3.05) is 26.3 Å². The van der Waals surface area contributed by atoms with Crippen LogP contribution in [0.4, 0.5) is 0 Å². The number of amides is 2. The Hall–Kier alpha value is -1.47. The summed E-state index contributed by atoms with van der Waals surface area (Å²) in [5.41, 5.74) is 5.21. The highest BCUT2D eigenvalue weighted by atomic mass is 32.1. The van der Waals surface area contributed by atoms with Crippen molar-refractivity contribution in [1.82, 2.24) is 9.88 Å². The van der Waals surface area contributed by atoms with Crippen LogP contribution < -0.4 is 5.73 Å². The van der Waals surface area contributed by atoms with E-state index in [-0.39, 0.29) is 11.6 Å². The molecule has 1 aromatic rings. The Morgan fingerprint density at radius 1 is 1.44 bits per heavy atom. The molecule has 0 spiro atoms. The van der Waals surface area contributed by atoms with E-state index in [1.165, 1.54) is 5.38 Å². The maximum atomic E-state index is 11.9. The fraction of sp³-hybridized carbons (Fsp3) is 0.444. The summed E-state index contributed by atoms with van der Waals surface area (Å²) in [6.07, 6.45) is 0. The van der Waals surface area contributed by atoms with E-state index in [0.29, 0.717) is 31.3 Å². The number of thiazole rings is 1. The number of hydrogen-bond donors (Lipinski definition) is 1. The minimum absolute atomic E-state index is 0.140. The van der Waals surface area contributed by atoms with Crippen LogP contribution in [0.25, 0.3) is 0 Å². The predicted octanol–water partition coefficient (Wildman–Crippen LogP) is -0.286. The largest absolute Gasteiger partial charge is 0.378 e. The van der Waals surface area contributed by atoms with Gasteiger partial charge in [0.25, 0.3) is 11.8 Å². The highest BCUT2D eigenvalue weighted by molar-refractivity contribution is 7.11. The van der Waals surface area contributed by atoms with Crippen LogP contribution in [-0.4, -0.2) is 48.0 Å². The number of carbonyl (C=O) groups is 2. The number of ether oxygens (including phenoxy) is 1. The average molecular weight is 241 g/mol. The smallest absolute Gasteiger partial charge is 0.283 e. The molecule has 0 aliphatic carbocycles. The molecule has 0 radical (unpaired) electrons. The molecule has 2 amide bonds. The van der Waals surface area contributed by atoms with Crippen LogP contribution in [0.3, 0.4) is 0 Å². The molecule has 2 N–H and O–H groups in total. The third-order valence-electron chi connectivity index (χ3n) is 2.24.